The molecule has 9 atom stereocenters. The minimum absolute atomic E-state index is 0.0277. The molecule has 0 aliphatic heterocycles. The van der Waals surface area contributed by atoms with Crippen LogP contribution < -0.4 is 0 Å². The van der Waals surface area contributed by atoms with Gasteiger partial charge in [-0.2, -0.15) is 0 Å². The number of carboxylic acids is 1. The van der Waals surface area contributed by atoms with Gasteiger partial charge in [-0.3, -0.25) is 4.79 Å². The zero-order valence-electron chi connectivity index (χ0n) is 26.8. The van der Waals surface area contributed by atoms with E-state index in [0.29, 0.717) is 17.8 Å². The molecule has 0 aromatic rings. The van der Waals surface area contributed by atoms with Crippen molar-refractivity contribution in [1.82, 2.24) is 0 Å². The molecular weight excluding hydrogens is 498 g/mol. The van der Waals surface area contributed by atoms with E-state index < -0.39 is 11.4 Å². The number of carboxylic acid groups (broad SMARTS) is 1. The van der Waals surface area contributed by atoms with Gasteiger partial charge in [0, 0.05) is 5.41 Å². The summed E-state index contributed by atoms with van der Waals surface area (Å²) in [5.41, 5.74) is 1.85. The Labute approximate surface area is 243 Å². The molecule has 0 spiro atoms. The molecule has 5 nitrogen and oxygen atoms in total. The van der Waals surface area contributed by atoms with E-state index >= 15 is 0 Å². The Kier molecular flexibility index (Phi) is 6.84. The Bertz CT molecular complexity index is 1140. The topological polar surface area (TPSA) is 76.0 Å². The van der Waals surface area contributed by atoms with Gasteiger partial charge in [-0.1, -0.05) is 72.7 Å². The third-order valence-corrected chi connectivity index (χ3v) is 14.7. The van der Waals surface area contributed by atoms with Crippen molar-refractivity contribution in [2.45, 2.75) is 127 Å². The second-order valence-electron chi connectivity index (χ2n) is 16.6. The SMILES string of the molecule is C=C(C)[C@@H]1CC[C@]2(C(=O)O)CC[C@@]3(C)[C@]4(C)CC[C@H]5C(C)(C)/C(=N/OC(=O)C(C)C)CC[C@]5(C)[C@H]4CC[C@]3(C)[C@@H]12. The lowest BCUT2D eigenvalue weighted by Crippen LogP contribution is -2.70. The van der Waals surface area contributed by atoms with Crippen LogP contribution in [-0.4, -0.2) is 22.8 Å². The predicted molar refractivity (Wildman–Crippen MR) is 160 cm³/mol. The fourth-order valence-corrected chi connectivity index (χ4v) is 12.3. The molecular formula is C35H55NO4. The molecule has 40 heavy (non-hydrogen) atoms. The Balaban J connectivity index is 1.52. The maximum absolute atomic E-state index is 13.0. The Morgan fingerprint density at radius 1 is 0.900 bits per heavy atom. The van der Waals surface area contributed by atoms with Crippen molar-refractivity contribution in [2.24, 2.45) is 67.2 Å². The molecule has 1 N–H and O–H groups in total. The van der Waals surface area contributed by atoms with Gasteiger partial charge in [0.25, 0.3) is 0 Å². The average molecular weight is 554 g/mol. The zero-order valence-corrected chi connectivity index (χ0v) is 26.8. The largest absolute Gasteiger partial charge is 0.481 e. The van der Waals surface area contributed by atoms with Crippen LogP contribution in [0.2, 0.25) is 0 Å². The Hall–Kier alpha value is -1.65. The summed E-state index contributed by atoms with van der Waals surface area (Å²) in [7, 11) is 0. The van der Waals surface area contributed by atoms with Crippen LogP contribution in [0, 0.1) is 62.1 Å². The maximum atomic E-state index is 13.0. The first-order chi connectivity index (χ1) is 18.4. The van der Waals surface area contributed by atoms with E-state index in [1.807, 2.05) is 13.8 Å². The lowest BCUT2D eigenvalue weighted by Gasteiger charge is -2.75. The van der Waals surface area contributed by atoms with Crippen molar-refractivity contribution in [3.05, 3.63) is 12.2 Å². The second-order valence-corrected chi connectivity index (χ2v) is 16.6. The normalized spacial score (nSPS) is 48.5. The summed E-state index contributed by atoms with van der Waals surface area (Å²) in [5, 5.41) is 15.2. The van der Waals surface area contributed by atoms with Gasteiger partial charge in [0.2, 0.25) is 0 Å². The highest BCUT2D eigenvalue weighted by molar-refractivity contribution is 5.91. The fourth-order valence-electron chi connectivity index (χ4n) is 12.3. The third-order valence-electron chi connectivity index (χ3n) is 14.7. The predicted octanol–water partition coefficient (Wildman–Crippen LogP) is 8.67. The summed E-state index contributed by atoms with van der Waals surface area (Å²) >= 11 is 0. The number of hydrogen-bond donors (Lipinski definition) is 1. The van der Waals surface area contributed by atoms with Crippen molar-refractivity contribution in [2.75, 3.05) is 0 Å². The maximum Gasteiger partial charge on any atom is 0.337 e. The standard InChI is InChI=1S/C35H55NO4/c1-21(2)23-11-18-35(29(38)39)20-19-34(10)32(8)16-12-24-30(5,6)26(36-40-28(37)22(3)4)14-15-31(24,7)25(32)13-17-33(34,9)27(23)35/h22-25,27H,1,11-20H2,2-10H3,(H,38,39)/b36-26+/t23-,24-,25+,27+,31-,32+,33+,34-,35-/m0/s1. The van der Waals surface area contributed by atoms with Gasteiger partial charge in [-0.15, -0.1) is 0 Å². The molecule has 0 saturated heterocycles. The first-order valence-electron chi connectivity index (χ1n) is 16.1. The molecule has 0 aromatic heterocycles. The number of nitrogens with zero attached hydrogens (tertiary/aromatic N) is 1. The van der Waals surface area contributed by atoms with Crippen LogP contribution in [-0.2, 0) is 14.4 Å². The second kappa shape index (κ2) is 9.17. The van der Waals surface area contributed by atoms with Crippen LogP contribution in [0.15, 0.2) is 17.3 Å². The van der Waals surface area contributed by atoms with Crippen molar-refractivity contribution in [1.29, 1.82) is 0 Å². The van der Waals surface area contributed by atoms with Crippen LogP contribution in [0.4, 0.5) is 0 Å². The summed E-state index contributed by atoms with van der Waals surface area (Å²) in [5.74, 6) is 0.510. The lowest BCUT2D eigenvalue weighted by molar-refractivity contribution is -0.265. The van der Waals surface area contributed by atoms with E-state index in [2.05, 4.69) is 60.2 Å². The highest BCUT2D eigenvalue weighted by Crippen LogP contribution is 2.81. The Morgan fingerprint density at radius 2 is 1.52 bits per heavy atom. The highest BCUT2D eigenvalue weighted by Gasteiger charge is 2.75. The summed E-state index contributed by atoms with van der Waals surface area (Å²) in [6.07, 6.45) is 10.1. The molecule has 5 saturated carbocycles. The van der Waals surface area contributed by atoms with E-state index in [1.54, 1.807) is 0 Å². The van der Waals surface area contributed by atoms with Gasteiger partial charge in [-0.25, -0.2) is 4.79 Å². The van der Waals surface area contributed by atoms with Gasteiger partial charge in [0.05, 0.1) is 17.0 Å². The minimum Gasteiger partial charge on any atom is -0.481 e. The molecule has 0 amide bonds. The van der Waals surface area contributed by atoms with Crippen LogP contribution in [0.5, 0.6) is 0 Å². The van der Waals surface area contributed by atoms with Gasteiger partial charge in [0.15, 0.2) is 0 Å². The lowest BCUT2D eigenvalue weighted by atomic mass is 9.29. The van der Waals surface area contributed by atoms with Crippen LogP contribution in [0.3, 0.4) is 0 Å². The summed E-state index contributed by atoms with van der Waals surface area (Å²) in [6, 6.07) is 0. The third kappa shape index (κ3) is 3.60. The number of allylic oxidation sites excluding steroid dienone is 1. The summed E-state index contributed by atoms with van der Waals surface area (Å²) < 4.78 is 0. The van der Waals surface area contributed by atoms with Crippen LogP contribution in [0.25, 0.3) is 0 Å². The first-order valence-corrected chi connectivity index (χ1v) is 16.1. The number of carbonyl (C=O) groups is 2. The van der Waals surface area contributed by atoms with Crippen molar-refractivity contribution < 1.29 is 19.5 Å². The molecule has 0 unspecified atom stereocenters. The Morgan fingerprint density at radius 3 is 2.12 bits per heavy atom. The molecule has 5 fully saturated rings. The molecule has 0 aromatic carbocycles. The van der Waals surface area contributed by atoms with Gasteiger partial charge in [0.1, 0.15) is 0 Å². The van der Waals surface area contributed by atoms with Gasteiger partial charge in [-0.05, 0) is 116 Å². The van der Waals surface area contributed by atoms with Crippen LogP contribution in [0.1, 0.15) is 127 Å². The minimum atomic E-state index is -0.603. The number of aliphatic carboxylic acids is 1. The average Bonchev–Trinajstić information content (AvgIpc) is 3.27. The van der Waals surface area contributed by atoms with Crippen LogP contribution >= 0.6 is 0 Å². The van der Waals surface area contributed by atoms with E-state index in [4.69, 9.17) is 4.84 Å². The summed E-state index contributed by atoms with van der Waals surface area (Å²) in [6.45, 7) is 25.1. The molecule has 0 radical (unpaired) electrons. The zero-order chi connectivity index (χ0) is 29.7. The number of rotatable bonds is 4. The van der Waals surface area contributed by atoms with Gasteiger partial charge >= 0.3 is 11.9 Å². The molecule has 0 bridgehead atoms. The number of carbonyl (C=O) groups excluding carboxylic acids is 1. The molecule has 5 aliphatic carbocycles. The van der Waals surface area contributed by atoms with Crippen molar-refractivity contribution >= 4 is 17.7 Å². The number of oxime groups is 1. The van der Waals surface area contributed by atoms with Crippen molar-refractivity contribution in [3.63, 3.8) is 0 Å². The molecule has 224 valence electrons. The highest BCUT2D eigenvalue weighted by atomic mass is 16.7. The molecule has 5 heteroatoms. The van der Waals surface area contributed by atoms with E-state index in [-0.39, 0.29) is 44.9 Å². The van der Waals surface area contributed by atoms with E-state index in [0.717, 1.165) is 69.9 Å². The quantitative estimate of drug-likeness (QED) is 0.215. The smallest absolute Gasteiger partial charge is 0.337 e. The van der Waals surface area contributed by atoms with Gasteiger partial charge < -0.3 is 9.94 Å². The number of fused-ring (bicyclic) bond motifs is 7. The molecule has 5 rings (SSSR count). The monoisotopic (exact) mass is 553 g/mol. The number of hydrogen-bond acceptors (Lipinski definition) is 4. The molecule has 0 heterocycles. The van der Waals surface area contributed by atoms with E-state index in [9.17, 15) is 14.7 Å². The van der Waals surface area contributed by atoms with E-state index in [1.165, 1.54) is 5.57 Å². The molecule has 5 aliphatic rings. The first kappa shape index (κ1) is 29.8. The summed E-state index contributed by atoms with van der Waals surface area (Å²) in [4.78, 5) is 30.6. The van der Waals surface area contributed by atoms with Crippen molar-refractivity contribution in [3.8, 4) is 0 Å². The fraction of sp³-hybridized carbons (Fsp3) is 0.857.